The van der Waals surface area contributed by atoms with Crippen molar-refractivity contribution in [1.29, 1.82) is 0 Å². The number of hydrogen-bond donors (Lipinski definition) is 1. The highest BCUT2D eigenvalue weighted by molar-refractivity contribution is 4.77. The molecule has 2 heteroatoms. The fourth-order valence-electron chi connectivity index (χ4n) is 2.62. The van der Waals surface area contributed by atoms with Gasteiger partial charge >= 0.3 is 0 Å². The van der Waals surface area contributed by atoms with E-state index in [9.17, 15) is 0 Å². The summed E-state index contributed by atoms with van der Waals surface area (Å²) < 4.78 is 0. The quantitative estimate of drug-likeness (QED) is 0.736. The molecule has 0 amide bonds. The normalized spacial score (nSPS) is 26.4. The summed E-state index contributed by atoms with van der Waals surface area (Å²) in [4.78, 5) is 2.58. The van der Waals surface area contributed by atoms with Gasteiger partial charge in [0.15, 0.2) is 0 Å². The predicted octanol–water partition coefficient (Wildman–Crippen LogP) is 1.72. The highest BCUT2D eigenvalue weighted by Gasteiger charge is 2.21. The summed E-state index contributed by atoms with van der Waals surface area (Å²) in [5, 5.41) is 3.36. The van der Waals surface area contributed by atoms with Crippen molar-refractivity contribution in [2.75, 3.05) is 32.7 Å². The van der Waals surface area contributed by atoms with Gasteiger partial charge in [-0.15, -0.1) is 0 Å². The molecule has 2 saturated heterocycles. The van der Waals surface area contributed by atoms with Crippen molar-refractivity contribution < 1.29 is 0 Å². The molecule has 2 heterocycles. The summed E-state index contributed by atoms with van der Waals surface area (Å²) in [5.41, 5.74) is 0. The summed E-state index contributed by atoms with van der Waals surface area (Å²) in [6.45, 7) is 8.80. The molecule has 0 bridgehead atoms. The smallest absolute Gasteiger partial charge is 0.000825 e. The van der Waals surface area contributed by atoms with Crippen molar-refractivity contribution in [2.24, 2.45) is 11.8 Å². The van der Waals surface area contributed by atoms with E-state index in [0.29, 0.717) is 0 Å². The zero-order valence-corrected chi connectivity index (χ0v) is 9.47. The molecule has 0 aromatic carbocycles. The topological polar surface area (TPSA) is 15.3 Å². The van der Waals surface area contributed by atoms with Crippen LogP contribution in [-0.4, -0.2) is 37.6 Å². The van der Waals surface area contributed by atoms with E-state index in [2.05, 4.69) is 17.1 Å². The molecule has 0 spiro atoms. The SMILES string of the molecule is CCN1CCC(CCC2CNC2)CC1. The fourth-order valence-corrected chi connectivity index (χ4v) is 2.62. The van der Waals surface area contributed by atoms with Gasteiger partial charge in [-0.1, -0.05) is 6.92 Å². The number of nitrogens with one attached hydrogen (secondary N) is 1. The average molecular weight is 196 g/mol. The van der Waals surface area contributed by atoms with Gasteiger partial charge in [-0.05, 0) is 70.2 Å². The van der Waals surface area contributed by atoms with Gasteiger partial charge in [0.25, 0.3) is 0 Å². The van der Waals surface area contributed by atoms with Crippen molar-refractivity contribution in [3.63, 3.8) is 0 Å². The molecule has 2 nitrogen and oxygen atoms in total. The first-order valence-corrected chi connectivity index (χ1v) is 6.31. The highest BCUT2D eigenvalue weighted by Crippen LogP contribution is 2.24. The van der Waals surface area contributed by atoms with Crippen molar-refractivity contribution in [3.8, 4) is 0 Å². The Labute approximate surface area is 88.1 Å². The van der Waals surface area contributed by atoms with Gasteiger partial charge in [-0.25, -0.2) is 0 Å². The molecule has 0 atom stereocenters. The largest absolute Gasteiger partial charge is 0.316 e. The van der Waals surface area contributed by atoms with Crippen LogP contribution >= 0.6 is 0 Å². The Hall–Kier alpha value is -0.0800. The molecule has 0 aromatic heterocycles. The Morgan fingerprint density at radius 1 is 1.07 bits per heavy atom. The van der Waals surface area contributed by atoms with E-state index in [1.807, 2.05) is 0 Å². The molecule has 14 heavy (non-hydrogen) atoms. The lowest BCUT2D eigenvalue weighted by molar-refractivity contribution is 0.175. The van der Waals surface area contributed by atoms with Crippen LogP contribution in [0.1, 0.15) is 32.6 Å². The highest BCUT2D eigenvalue weighted by atomic mass is 15.1. The van der Waals surface area contributed by atoms with E-state index in [4.69, 9.17) is 0 Å². The van der Waals surface area contributed by atoms with E-state index >= 15 is 0 Å². The number of nitrogens with zero attached hydrogens (tertiary/aromatic N) is 1. The van der Waals surface area contributed by atoms with Crippen molar-refractivity contribution >= 4 is 0 Å². The molecule has 82 valence electrons. The minimum absolute atomic E-state index is 1.01. The molecule has 2 aliphatic rings. The van der Waals surface area contributed by atoms with Crippen LogP contribution in [-0.2, 0) is 0 Å². The minimum Gasteiger partial charge on any atom is -0.316 e. The molecule has 0 aliphatic carbocycles. The number of likely N-dealkylation sites (tertiary alicyclic amines) is 1. The van der Waals surface area contributed by atoms with Crippen LogP contribution in [0, 0.1) is 11.8 Å². The number of piperidine rings is 1. The Morgan fingerprint density at radius 3 is 2.21 bits per heavy atom. The van der Waals surface area contributed by atoms with E-state index < -0.39 is 0 Å². The second kappa shape index (κ2) is 5.13. The molecule has 2 aliphatic heterocycles. The van der Waals surface area contributed by atoms with Crippen LogP contribution in [0.2, 0.25) is 0 Å². The van der Waals surface area contributed by atoms with E-state index in [0.717, 1.165) is 11.8 Å². The Bertz CT molecular complexity index is 158. The van der Waals surface area contributed by atoms with Gasteiger partial charge < -0.3 is 10.2 Å². The lowest BCUT2D eigenvalue weighted by Gasteiger charge is -2.33. The molecule has 0 saturated carbocycles. The molecule has 2 rings (SSSR count). The predicted molar refractivity (Wildman–Crippen MR) is 60.4 cm³/mol. The summed E-state index contributed by atoms with van der Waals surface area (Å²) in [7, 11) is 0. The molecule has 0 unspecified atom stereocenters. The van der Waals surface area contributed by atoms with Crippen LogP contribution in [0.25, 0.3) is 0 Å². The maximum Gasteiger partial charge on any atom is -0.000825 e. The first kappa shape index (κ1) is 10.4. The Balaban J connectivity index is 1.58. The monoisotopic (exact) mass is 196 g/mol. The third kappa shape index (κ3) is 2.71. The molecule has 0 aromatic rings. The molecule has 1 N–H and O–H groups in total. The third-order valence-corrected chi connectivity index (χ3v) is 4.00. The molecular weight excluding hydrogens is 172 g/mol. The zero-order valence-electron chi connectivity index (χ0n) is 9.47. The van der Waals surface area contributed by atoms with Crippen molar-refractivity contribution in [2.45, 2.75) is 32.6 Å². The van der Waals surface area contributed by atoms with Gasteiger partial charge in [0.05, 0.1) is 0 Å². The van der Waals surface area contributed by atoms with E-state index in [-0.39, 0.29) is 0 Å². The third-order valence-electron chi connectivity index (χ3n) is 4.00. The van der Waals surface area contributed by atoms with Crippen molar-refractivity contribution in [3.05, 3.63) is 0 Å². The standard InChI is InChI=1S/C12H24N2/c1-2-14-7-5-11(6-8-14)3-4-12-9-13-10-12/h11-13H,2-10H2,1H3. The minimum atomic E-state index is 1.01. The number of rotatable bonds is 4. The summed E-state index contributed by atoms with van der Waals surface area (Å²) in [5.74, 6) is 2.05. The summed E-state index contributed by atoms with van der Waals surface area (Å²) in [6.07, 6.45) is 5.87. The van der Waals surface area contributed by atoms with Crippen LogP contribution in [0.4, 0.5) is 0 Å². The maximum atomic E-state index is 3.36. The van der Waals surface area contributed by atoms with E-state index in [1.54, 1.807) is 0 Å². The van der Waals surface area contributed by atoms with Gasteiger partial charge in [0, 0.05) is 0 Å². The average Bonchev–Trinajstić information content (AvgIpc) is 2.16. The van der Waals surface area contributed by atoms with Gasteiger partial charge in [0.1, 0.15) is 0 Å². The maximum absolute atomic E-state index is 3.36. The first-order chi connectivity index (χ1) is 6.88. The second-order valence-corrected chi connectivity index (χ2v) is 4.98. The van der Waals surface area contributed by atoms with Crippen LogP contribution in [0.5, 0.6) is 0 Å². The lowest BCUT2D eigenvalue weighted by Crippen LogP contribution is -2.42. The van der Waals surface area contributed by atoms with Crippen molar-refractivity contribution in [1.82, 2.24) is 10.2 Å². The summed E-state index contributed by atoms with van der Waals surface area (Å²) in [6, 6.07) is 0. The van der Waals surface area contributed by atoms with Crippen LogP contribution in [0.15, 0.2) is 0 Å². The Kier molecular flexibility index (Phi) is 3.82. The fraction of sp³-hybridized carbons (Fsp3) is 1.00. The second-order valence-electron chi connectivity index (χ2n) is 4.98. The van der Waals surface area contributed by atoms with Crippen LogP contribution < -0.4 is 5.32 Å². The molecule has 0 radical (unpaired) electrons. The van der Waals surface area contributed by atoms with Gasteiger partial charge in [-0.2, -0.15) is 0 Å². The lowest BCUT2D eigenvalue weighted by atomic mass is 9.87. The van der Waals surface area contributed by atoms with Gasteiger partial charge in [0.2, 0.25) is 0 Å². The van der Waals surface area contributed by atoms with Crippen LogP contribution in [0.3, 0.4) is 0 Å². The number of hydrogen-bond acceptors (Lipinski definition) is 2. The zero-order chi connectivity index (χ0) is 9.80. The molecular formula is C12H24N2. The summed E-state index contributed by atoms with van der Waals surface area (Å²) >= 11 is 0. The first-order valence-electron chi connectivity index (χ1n) is 6.31. The Morgan fingerprint density at radius 2 is 1.71 bits per heavy atom. The molecule has 2 fully saturated rings. The van der Waals surface area contributed by atoms with E-state index in [1.165, 1.54) is 58.4 Å². The van der Waals surface area contributed by atoms with Gasteiger partial charge in [-0.3, -0.25) is 0 Å².